The van der Waals surface area contributed by atoms with E-state index < -0.39 is 8.07 Å². The molecule has 1 aliphatic carbocycles. The maximum Gasteiger partial charge on any atom is 0.202 e. The average Bonchev–Trinajstić information content (AvgIpc) is 3.46. The molecule has 152 valence electrons. The molecule has 0 aromatic heterocycles. The molecule has 0 unspecified atom stereocenters. The number of hydrogen-bond donors (Lipinski definition) is 0. The van der Waals surface area contributed by atoms with Crippen molar-refractivity contribution >= 4 is 24.6 Å². The van der Waals surface area contributed by atoms with E-state index in [0.29, 0.717) is 18.0 Å². The number of rotatable bonds is 4. The minimum Gasteiger partial charge on any atom is -0.478 e. The molecule has 4 heteroatoms. The van der Waals surface area contributed by atoms with Gasteiger partial charge in [-0.2, -0.15) is 0 Å². The van der Waals surface area contributed by atoms with Gasteiger partial charge in [-0.05, 0) is 41.2 Å². The van der Waals surface area contributed by atoms with Crippen LogP contribution in [0.3, 0.4) is 0 Å². The van der Waals surface area contributed by atoms with Gasteiger partial charge in [-0.15, -0.1) is 0 Å². The third-order valence-electron chi connectivity index (χ3n) is 6.71. The van der Waals surface area contributed by atoms with Gasteiger partial charge in [0.1, 0.15) is 6.61 Å². The third kappa shape index (κ3) is 3.53. The molecule has 0 spiro atoms. The molecule has 2 aliphatic heterocycles. The van der Waals surface area contributed by atoms with Gasteiger partial charge in [-0.1, -0.05) is 81.4 Å². The fraction of sp³-hybridized carbons (Fsp3) is 0.480. The molecule has 1 saturated heterocycles. The maximum absolute atomic E-state index is 6.30. The lowest BCUT2D eigenvalue weighted by Gasteiger charge is -2.40. The monoisotopic (exact) mass is 406 g/mol. The highest BCUT2D eigenvalue weighted by atomic mass is 31.1. The van der Waals surface area contributed by atoms with Crippen molar-refractivity contribution in [2.75, 3.05) is 6.61 Å². The van der Waals surface area contributed by atoms with Crippen LogP contribution in [0.5, 0.6) is 0 Å². The number of hydrogen-bond acceptors (Lipinski definition) is 3. The molecule has 29 heavy (non-hydrogen) atoms. The van der Waals surface area contributed by atoms with Gasteiger partial charge in [-0.25, -0.2) is 4.99 Å². The Morgan fingerprint density at radius 1 is 0.931 bits per heavy atom. The predicted octanol–water partition coefficient (Wildman–Crippen LogP) is 4.73. The van der Waals surface area contributed by atoms with E-state index in [0.717, 1.165) is 12.5 Å². The van der Waals surface area contributed by atoms with Crippen molar-refractivity contribution in [1.82, 2.24) is 4.67 Å². The van der Waals surface area contributed by atoms with Crippen molar-refractivity contribution in [1.29, 1.82) is 0 Å². The molecular weight excluding hydrogens is 375 g/mol. The zero-order valence-electron chi connectivity index (χ0n) is 17.7. The largest absolute Gasteiger partial charge is 0.478 e. The van der Waals surface area contributed by atoms with E-state index in [9.17, 15) is 0 Å². The number of nitrogens with zero attached hydrogens (tertiary/aromatic N) is 2. The Hall–Kier alpha value is -1.70. The number of fused-ring (bicyclic) bond motifs is 2. The smallest absolute Gasteiger partial charge is 0.202 e. The zero-order chi connectivity index (χ0) is 20.0. The van der Waals surface area contributed by atoms with Gasteiger partial charge >= 0.3 is 0 Å². The van der Waals surface area contributed by atoms with Crippen molar-refractivity contribution in [3.63, 3.8) is 0 Å². The van der Waals surface area contributed by atoms with E-state index in [1.807, 2.05) is 0 Å². The van der Waals surface area contributed by atoms with Crippen LogP contribution < -0.4 is 10.6 Å². The van der Waals surface area contributed by atoms with Gasteiger partial charge in [0.2, 0.25) is 5.90 Å². The SMILES string of the molecule is CC(C)(C)[C@H]1COC([C@H]2[C@@H]3CC[C@@H](C3)N2P(c2ccccc2)c2ccccc2)=N1. The Morgan fingerprint density at radius 3 is 2.10 bits per heavy atom. The van der Waals surface area contributed by atoms with E-state index >= 15 is 0 Å². The molecule has 0 N–H and O–H groups in total. The van der Waals surface area contributed by atoms with Crippen LogP contribution in [0.25, 0.3) is 0 Å². The second-order valence-electron chi connectivity index (χ2n) is 9.69. The minimum atomic E-state index is -0.592. The standard InChI is InChI=1S/C25H31N2OP/c1-25(2,3)22-17-28-24(26-22)23-18-14-15-19(16-18)27(23)29(20-10-6-4-7-11-20)21-12-8-5-9-13-21/h4-13,18-19,22-23H,14-17H2,1-3H3/t18-,19+,22-,23-/m1/s1. The Bertz CT molecular complexity index is 837. The molecule has 4 atom stereocenters. The molecule has 0 amide bonds. The molecule has 3 aliphatic rings. The zero-order valence-corrected chi connectivity index (χ0v) is 18.6. The minimum absolute atomic E-state index is 0.147. The molecule has 3 nitrogen and oxygen atoms in total. The van der Waals surface area contributed by atoms with E-state index in [1.165, 1.54) is 29.9 Å². The Morgan fingerprint density at radius 2 is 1.55 bits per heavy atom. The Kier molecular flexibility index (Phi) is 5.00. The first kappa shape index (κ1) is 19.3. The highest BCUT2D eigenvalue weighted by Crippen LogP contribution is 2.55. The number of benzene rings is 2. The number of ether oxygens (including phenoxy) is 1. The first-order chi connectivity index (χ1) is 14.0. The van der Waals surface area contributed by atoms with Gasteiger partial charge in [0.15, 0.2) is 0 Å². The second kappa shape index (κ2) is 7.52. The first-order valence-corrected chi connectivity index (χ1v) is 12.2. The molecule has 5 rings (SSSR count). The molecule has 2 aromatic carbocycles. The van der Waals surface area contributed by atoms with Crippen LogP contribution in [-0.2, 0) is 4.74 Å². The Labute approximate surface area is 176 Å². The van der Waals surface area contributed by atoms with E-state index in [1.54, 1.807) is 0 Å². The fourth-order valence-electron chi connectivity index (χ4n) is 5.12. The van der Waals surface area contributed by atoms with E-state index in [-0.39, 0.29) is 11.5 Å². The topological polar surface area (TPSA) is 24.8 Å². The molecule has 1 saturated carbocycles. The molecule has 2 fully saturated rings. The molecular formula is C25H31N2OP. The van der Waals surface area contributed by atoms with Crippen molar-refractivity contribution in [3.05, 3.63) is 60.7 Å². The Balaban J connectivity index is 1.56. The van der Waals surface area contributed by atoms with Gasteiger partial charge in [0.05, 0.1) is 12.1 Å². The molecule has 2 bridgehead atoms. The van der Waals surface area contributed by atoms with Crippen LogP contribution in [0.1, 0.15) is 40.0 Å². The number of piperidine rings is 1. The van der Waals surface area contributed by atoms with Crippen LogP contribution in [0.4, 0.5) is 0 Å². The fourth-order valence-corrected chi connectivity index (χ4v) is 7.93. The molecule has 0 radical (unpaired) electrons. The lowest BCUT2D eigenvalue weighted by atomic mass is 9.88. The summed E-state index contributed by atoms with van der Waals surface area (Å²) in [5.74, 6) is 1.69. The van der Waals surface area contributed by atoms with Crippen molar-refractivity contribution in [2.45, 2.75) is 58.2 Å². The van der Waals surface area contributed by atoms with Crippen LogP contribution in [0.2, 0.25) is 0 Å². The third-order valence-corrected chi connectivity index (χ3v) is 9.32. The van der Waals surface area contributed by atoms with Crippen LogP contribution in [0, 0.1) is 11.3 Å². The lowest BCUT2D eigenvalue weighted by molar-refractivity contribution is 0.215. The maximum atomic E-state index is 6.30. The first-order valence-electron chi connectivity index (χ1n) is 10.9. The summed E-state index contributed by atoms with van der Waals surface area (Å²) < 4.78 is 9.10. The van der Waals surface area contributed by atoms with Crippen LogP contribution in [0.15, 0.2) is 65.7 Å². The highest BCUT2D eigenvalue weighted by molar-refractivity contribution is 7.70. The van der Waals surface area contributed by atoms with Crippen LogP contribution >= 0.6 is 8.07 Å². The quantitative estimate of drug-likeness (QED) is 0.686. The average molecular weight is 407 g/mol. The van der Waals surface area contributed by atoms with Gasteiger partial charge in [-0.3, -0.25) is 4.67 Å². The normalized spacial score (nSPS) is 29.3. The summed E-state index contributed by atoms with van der Waals surface area (Å²) in [4.78, 5) is 5.14. The summed E-state index contributed by atoms with van der Waals surface area (Å²) in [7, 11) is -0.592. The summed E-state index contributed by atoms with van der Waals surface area (Å²) >= 11 is 0. The van der Waals surface area contributed by atoms with Crippen molar-refractivity contribution < 1.29 is 4.74 Å². The summed E-state index contributed by atoms with van der Waals surface area (Å²) in [6.45, 7) is 7.54. The highest BCUT2D eigenvalue weighted by Gasteiger charge is 2.53. The molecule has 2 heterocycles. The van der Waals surface area contributed by atoms with E-state index in [4.69, 9.17) is 9.73 Å². The van der Waals surface area contributed by atoms with Crippen molar-refractivity contribution in [3.8, 4) is 0 Å². The van der Waals surface area contributed by atoms with Crippen LogP contribution in [-0.4, -0.2) is 35.3 Å². The van der Waals surface area contributed by atoms with Gasteiger partial charge < -0.3 is 4.74 Å². The number of aliphatic imine (C=N–C) groups is 1. The van der Waals surface area contributed by atoms with Crippen molar-refractivity contribution in [2.24, 2.45) is 16.3 Å². The second-order valence-corrected chi connectivity index (χ2v) is 11.8. The molecule has 2 aromatic rings. The summed E-state index contributed by atoms with van der Waals surface area (Å²) in [6, 6.07) is 23.4. The lowest BCUT2D eigenvalue weighted by Crippen LogP contribution is -2.46. The summed E-state index contributed by atoms with van der Waals surface area (Å²) in [6.07, 6.45) is 3.89. The van der Waals surface area contributed by atoms with Gasteiger partial charge in [0.25, 0.3) is 0 Å². The summed E-state index contributed by atoms with van der Waals surface area (Å²) in [5, 5.41) is 2.86. The van der Waals surface area contributed by atoms with E-state index in [2.05, 4.69) is 86.1 Å². The predicted molar refractivity (Wildman–Crippen MR) is 122 cm³/mol. The summed E-state index contributed by atoms with van der Waals surface area (Å²) in [5.41, 5.74) is 0.147. The van der Waals surface area contributed by atoms with Gasteiger partial charge in [0, 0.05) is 14.1 Å².